The topological polar surface area (TPSA) is 30.5 Å². The van der Waals surface area contributed by atoms with Gasteiger partial charge in [-0.3, -0.25) is 0 Å². The second-order valence-electron chi connectivity index (χ2n) is 4.10. The highest BCUT2D eigenvalue weighted by Crippen LogP contribution is 2.22. The molecule has 1 aromatic rings. The van der Waals surface area contributed by atoms with Gasteiger partial charge in [-0.25, -0.2) is 0 Å². The maximum atomic E-state index is 5.95. The zero-order valence-electron chi connectivity index (χ0n) is 10.1. The van der Waals surface area contributed by atoms with Crippen molar-refractivity contribution < 1.29 is 9.57 Å². The van der Waals surface area contributed by atoms with Crippen LogP contribution in [0.1, 0.15) is 18.4 Å². The van der Waals surface area contributed by atoms with E-state index in [9.17, 15) is 0 Å². The third kappa shape index (κ3) is 4.22. The van der Waals surface area contributed by atoms with E-state index in [4.69, 9.17) is 9.57 Å². The first kappa shape index (κ1) is 12.7. The van der Waals surface area contributed by atoms with E-state index >= 15 is 0 Å². The minimum Gasteiger partial charge on any atom is -0.490 e. The van der Waals surface area contributed by atoms with E-state index in [1.807, 2.05) is 23.9 Å². The second-order valence-corrected chi connectivity index (χ2v) is 5.32. The number of hydrogen-bond acceptors (Lipinski definition) is 4. The lowest BCUT2D eigenvalue weighted by Gasteiger charge is -2.22. The molecule has 0 bridgehead atoms. The van der Waals surface area contributed by atoms with Crippen molar-refractivity contribution in [3.05, 3.63) is 29.8 Å². The van der Waals surface area contributed by atoms with Crippen molar-refractivity contribution in [2.24, 2.45) is 0 Å². The second kappa shape index (κ2) is 6.89. The van der Waals surface area contributed by atoms with E-state index < -0.39 is 0 Å². The zero-order chi connectivity index (χ0) is 11.9. The van der Waals surface area contributed by atoms with Crippen molar-refractivity contribution >= 4 is 11.8 Å². The maximum absolute atomic E-state index is 5.95. The zero-order valence-corrected chi connectivity index (χ0v) is 11.0. The summed E-state index contributed by atoms with van der Waals surface area (Å²) < 4.78 is 5.95. The maximum Gasteiger partial charge on any atom is 0.119 e. The van der Waals surface area contributed by atoms with Gasteiger partial charge in [0.1, 0.15) is 11.9 Å². The Hall–Kier alpha value is -0.710. The predicted octanol–water partition coefficient (Wildman–Crippen LogP) is 2.61. The monoisotopic (exact) mass is 253 g/mol. The lowest BCUT2D eigenvalue weighted by atomic mass is 10.2. The Morgan fingerprint density at radius 2 is 1.94 bits per heavy atom. The van der Waals surface area contributed by atoms with Gasteiger partial charge in [0.25, 0.3) is 0 Å². The fraction of sp³-hybridized carbons (Fsp3) is 0.538. The van der Waals surface area contributed by atoms with Crippen molar-refractivity contribution in [2.75, 3.05) is 18.6 Å². The Kier molecular flexibility index (Phi) is 5.16. The molecule has 1 N–H and O–H groups in total. The van der Waals surface area contributed by atoms with E-state index in [1.54, 1.807) is 7.11 Å². The molecule has 1 aliphatic heterocycles. The van der Waals surface area contributed by atoms with Crippen molar-refractivity contribution in [3.8, 4) is 5.75 Å². The van der Waals surface area contributed by atoms with Crippen molar-refractivity contribution in [1.82, 2.24) is 5.48 Å². The third-order valence-electron chi connectivity index (χ3n) is 2.82. The van der Waals surface area contributed by atoms with Crippen LogP contribution in [0.3, 0.4) is 0 Å². The van der Waals surface area contributed by atoms with Crippen LogP contribution in [0.25, 0.3) is 0 Å². The minimum atomic E-state index is 0.402. The Morgan fingerprint density at radius 1 is 1.24 bits per heavy atom. The summed E-state index contributed by atoms with van der Waals surface area (Å²) >= 11 is 2.02. The van der Waals surface area contributed by atoms with E-state index in [1.165, 1.54) is 17.1 Å². The molecule has 4 heteroatoms. The summed E-state index contributed by atoms with van der Waals surface area (Å²) in [5.74, 6) is 3.42. The molecule has 0 amide bonds. The minimum absolute atomic E-state index is 0.402. The number of benzene rings is 1. The van der Waals surface area contributed by atoms with Crippen LogP contribution in [0.5, 0.6) is 5.75 Å². The van der Waals surface area contributed by atoms with Gasteiger partial charge < -0.3 is 9.57 Å². The van der Waals surface area contributed by atoms with Crippen LogP contribution in [0.15, 0.2) is 24.3 Å². The first-order valence-corrected chi connectivity index (χ1v) is 7.13. The van der Waals surface area contributed by atoms with Crippen LogP contribution >= 0.6 is 11.8 Å². The predicted molar refractivity (Wildman–Crippen MR) is 71.3 cm³/mol. The highest BCUT2D eigenvalue weighted by molar-refractivity contribution is 7.99. The van der Waals surface area contributed by atoms with Gasteiger partial charge in [-0.2, -0.15) is 17.2 Å². The molecule has 94 valence electrons. The van der Waals surface area contributed by atoms with Gasteiger partial charge in [-0.1, -0.05) is 12.1 Å². The smallest absolute Gasteiger partial charge is 0.119 e. The van der Waals surface area contributed by atoms with Gasteiger partial charge in [0, 0.05) is 6.54 Å². The summed E-state index contributed by atoms with van der Waals surface area (Å²) in [6.07, 6.45) is 2.73. The SMILES string of the molecule is CONCc1ccc(OC2CCSCC2)cc1. The molecule has 1 fully saturated rings. The Morgan fingerprint density at radius 3 is 2.59 bits per heavy atom. The molecule has 0 saturated carbocycles. The lowest BCUT2D eigenvalue weighted by Crippen LogP contribution is -2.22. The van der Waals surface area contributed by atoms with Crippen LogP contribution in [0.4, 0.5) is 0 Å². The Balaban J connectivity index is 1.84. The fourth-order valence-corrected chi connectivity index (χ4v) is 2.89. The number of hydroxylamine groups is 1. The molecule has 0 spiro atoms. The molecule has 0 aliphatic carbocycles. The third-order valence-corrected chi connectivity index (χ3v) is 3.86. The number of rotatable bonds is 5. The normalized spacial score (nSPS) is 17.0. The van der Waals surface area contributed by atoms with Crippen molar-refractivity contribution in [2.45, 2.75) is 25.5 Å². The summed E-state index contributed by atoms with van der Waals surface area (Å²) in [6.45, 7) is 0.719. The Bertz CT molecular complexity index is 323. The van der Waals surface area contributed by atoms with Crippen LogP contribution in [0.2, 0.25) is 0 Å². The molecule has 1 saturated heterocycles. The largest absolute Gasteiger partial charge is 0.490 e. The molecule has 1 aliphatic rings. The molecule has 0 unspecified atom stereocenters. The summed E-state index contributed by atoms with van der Waals surface area (Å²) in [4.78, 5) is 4.81. The van der Waals surface area contributed by atoms with E-state index in [2.05, 4.69) is 17.6 Å². The highest BCUT2D eigenvalue weighted by atomic mass is 32.2. The van der Waals surface area contributed by atoms with E-state index in [0.29, 0.717) is 6.10 Å². The summed E-state index contributed by atoms with van der Waals surface area (Å²) in [7, 11) is 1.62. The molecule has 1 aromatic carbocycles. The molecule has 1 heterocycles. The quantitative estimate of drug-likeness (QED) is 0.817. The summed E-state index contributed by atoms with van der Waals surface area (Å²) in [5.41, 5.74) is 4.01. The number of ether oxygens (including phenoxy) is 1. The standard InChI is InChI=1S/C13H19NO2S/c1-15-14-10-11-2-4-12(5-3-11)16-13-6-8-17-9-7-13/h2-5,13-14H,6-10H2,1H3. The van der Waals surface area contributed by atoms with Crippen LogP contribution in [-0.2, 0) is 11.4 Å². The van der Waals surface area contributed by atoms with Gasteiger partial charge >= 0.3 is 0 Å². The number of hydrogen-bond donors (Lipinski definition) is 1. The molecule has 0 radical (unpaired) electrons. The van der Waals surface area contributed by atoms with Crippen molar-refractivity contribution in [1.29, 1.82) is 0 Å². The van der Waals surface area contributed by atoms with Gasteiger partial charge in [0.15, 0.2) is 0 Å². The van der Waals surface area contributed by atoms with E-state index in [0.717, 1.165) is 25.1 Å². The first-order valence-electron chi connectivity index (χ1n) is 5.97. The summed E-state index contributed by atoms with van der Waals surface area (Å²) in [5, 5.41) is 0. The van der Waals surface area contributed by atoms with Crippen LogP contribution < -0.4 is 10.2 Å². The lowest BCUT2D eigenvalue weighted by molar-refractivity contribution is 0.0867. The van der Waals surface area contributed by atoms with E-state index in [-0.39, 0.29) is 0 Å². The average molecular weight is 253 g/mol. The first-order chi connectivity index (χ1) is 8.38. The molecular weight excluding hydrogens is 234 g/mol. The van der Waals surface area contributed by atoms with Crippen molar-refractivity contribution in [3.63, 3.8) is 0 Å². The highest BCUT2D eigenvalue weighted by Gasteiger charge is 2.14. The van der Waals surface area contributed by atoms with Gasteiger partial charge in [0.2, 0.25) is 0 Å². The van der Waals surface area contributed by atoms with Gasteiger partial charge in [0.05, 0.1) is 7.11 Å². The molecular formula is C13H19NO2S. The molecule has 0 atom stereocenters. The number of nitrogens with one attached hydrogen (secondary N) is 1. The molecule has 2 rings (SSSR count). The Labute approximate surface area is 107 Å². The summed E-state index contributed by atoms with van der Waals surface area (Å²) in [6, 6.07) is 8.21. The average Bonchev–Trinajstić information content (AvgIpc) is 2.39. The van der Waals surface area contributed by atoms with Gasteiger partial charge in [-0.15, -0.1) is 0 Å². The fourth-order valence-electron chi connectivity index (χ4n) is 1.83. The van der Waals surface area contributed by atoms with Crippen LogP contribution in [0, 0.1) is 0 Å². The molecule has 0 aromatic heterocycles. The van der Waals surface area contributed by atoms with Crippen LogP contribution in [-0.4, -0.2) is 24.7 Å². The number of thioether (sulfide) groups is 1. The van der Waals surface area contributed by atoms with Gasteiger partial charge in [-0.05, 0) is 42.0 Å². The molecule has 3 nitrogen and oxygen atoms in total. The molecule has 17 heavy (non-hydrogen) atoms.